The molecule has 4 N–H and O–H groups in total. The lowest BCUT2D eigenvalue weighted by atomic mass is 9.41. The van der Waals surface area contributed by atoms with Crippen LogP contribution in [0.3, 0.4) is 0 Å². The van der Waals surface area contributed by atoms with Gasteiger partial charge in [0.2, 0.25) is 6.29 Å². The van der Waals surface area contributed by atoms with Crippen LogP contribution in [0, 0.1) is 34.0 Å². The molecule has 8 heteroatoms. The first-order valence-electron chi connectivity index (χ1n) is 13.5. The van der Waals surface area contributed by atoms with Gasteiger partial charge in [-0.05, 0) is 86.9 Å². The molecule has 0 aromatic rings. The Hall–Kier alpha value is -0.770. The fourth-order valence-corrected chi connectivity index (χ4v) is 9.76. The number of methoxy groups -OCH3 is 1. The fourth-order valence-electron chi connectivity index (χ4n) is 9.76. The molecule has 1 saturated heterocycles. The molecule has 5 rings (SSSR count). The largest absolute Gasteiger partial charge is 0.432 e. The molecular formula is C27H44O8. The molecule has 0 amide bonds. The van der Waals surface area contributed by atoms with Crippen molar-refractivity contribution >= 4 is 5.97 Å². The highest BCUT2D eigenvalue weighted by Crippen LogP contribution is 2.73. The second-order valence-electron chi connectivity index (χ2n) is 13.0. The first-order valence-corrected chi connectivity index (χ1v) is 13.5. The van der Waals surface area contributed by atoms with Gasteiger partial charge in [0.05, 0.1) is 17.6 Å². The molecule has 0 aromatic heterocycles. The molecule has 5 unspecified atom stereocenters. The molecule has 1 heterocycles. The van der Waals surface area contributed by atoms with Crippen molar-refractivity contribution in [2.45, 2.75) is 115 Å². The Balaban J connectivity index is 1.38. The second kappa shape index (κ2) is 8.63. The van der Waals surface area contributed by atoms with Crippen LogP contribution in [0.15, 0.2) is 0 Å². The van der Waals surface area contributed by atoms with E-state index in [4.69, 9.17) is 14.2 Å². The Morgan fingerprint density at radius 2 is 1.71 bits per heavy atom. The number of esters is 1. The predicted molar refractivity (Wildman–Crippen MR) is 126 cm³/mol. The maximum absolute atomic E-state index is 13.7. The lowest BCUT2D eigenvalue weighted by Crippen LogP contribution is -2.62. The lowest BCUT2D eigenvalue weighted by molar-refractivity contribution is -0.298. The smallest absolute Gasteiger partial charge is 0.314 e. The van der Waals surface area contributed by atoms with E-state index in [9.17, 15) is 25.2 Å². The van der Waals surface area contributed by atoms with E-state index in [0.717, 1.165) is 44.9 Å². The van der Waals surface area contributed by atoms with Gasteiger partial charge in [0.25, 0.3) is 0 Å². The van der Waals surface area contributed by atoms with Crippen LogP contribution in [0.2, 0.25) is 0 Å². The van der Waals surface area contributed by atoms with E-state index in [1.54, 1.807) is 0 Å². The Kier molecular flexibility index (Phi) is 6.38. The number of carbonyl (C=O) groups excluding carboxylic acids is 1. The Labute approximate surface area is 208 Å². The molecule has 12 atom stereocenters. The molecule has 4 aliphatic carbocycles. The summed E-state index contributed by atoms with van der Waals surface area (Å²) in [5, 5.41) is 40.1. The zero-order chi connectivity index (χ0) is 25.4. The van der Waals surface area contributed by atoms with Crippen LogP contribution < -0.4 is 0 Å². The molecule has 8 nitrogen and oxygen atoms in total. The quantitative estimate of drug-likeness (QED) is 0.436. The summed E-state index contributed by atoms with van der Waals surface area (Å²) >= 11 is 0. The molecule has 4 saturated carbocycles. The number of aliphatic hydroxyl groups is 4. The maximum atomic E-state index is 13.7. The van der Waals surface area contributed by atoms with Gasteiger partial charge in [-0.15, -0.1) is 0 Å². The van der Waals surface area contributed by atoms with Crippen molar-refractivity contribution in [3.05, 3.63) is 0 Å². The normalized spacial score (nSPS) is 55.7. The van der Waals surface area contributed by atoms with Crippen LogP contribution in [0.5, 0.6) is 0 Å². The molecule has 35 heavy (non-hydrogen) atoms. The van der Waals surface area contributed by atoms with Crippen molar-refractivity contribution in [2.24, 2.45) is 34.0 Å². The van der Waals surface area contributed by atoms with Crippen LogP contribution in [0.25, 0.3) is 0 Å². The monoisotopic (exact) mass is 496 g/mol. The van der Waals surface area contributed by atoms with Gasteiger partial charge in [0.1, 0.15) is 24.4 Å². The number of hydrogen-bond donors (Lipinski definition) is 4. The van der Waals surface area contributed by atoms with E-state index in [1.807, 2.05) is 14.0 Å². The number of carbonyl (C=O) groups is 1. The van der Waals surface area contributed by atoms with Crippen LogP contribution in [0.1, 0.15) is 78.6 Å². The number of hydrogen-bond acceptors (Lipinski definition) is 8. The molecule has 200 valence electrons. The third-order valence-corrected chi connectivity index (χ3v) is 11.5. The topological polar surface area (TPSA) is 126 Å². The minimum atomic E-state index is -1.58. The standard InChI is InChI=1S/C27H44O8/c1-15-12-26-10-6-17-24(2,18(26)7-11-27(15,14-26)33-4)8-5-9-25(17,3)23(32)35-22-21(31)20(30)19(29)16(13-28)34-22/h15-22,28-31H,5-14H2,1-4H3/t15-,16?,17-,18-,19?,20?,21?,22?,24+,25+,26+,27-/m0/s1. The van der Waals surface area contributed by atoms with Gasteiger partial charge in [-0.25, -0.2) is 0 Å². The van der Waals surface area contributed by atoms with Gasteiger partial charge in [-0.2, -0.15) is 0 Å². The summed E-state index contributed by atoms with van der Waals surface area (Å²) in [7, 11) is 1.87. The predicted octanol–water partition coefficient (Wildman–Crippen LogP) is 2.15. The van der Waals surface area contributed by atoms with Crippen molar-refractivity contribution in [3.8, 4) is 0 Å². The number of fused-ring (bicyclic) bond motifs is 3. The SMILES string of the molecule is CO[C@]12CC[C@@H]3[C@](CC[C@H]4[C@@]3(C)CCC[C@@]4(C)C(=O)OC3OC(CO)C(O)C(O)C3O)(C[C@@H]1C)C2. The molecule has 0 aromatic carbocycles. The molecule has 2 bridgehead atoms. The van der Waals surface area contributed by atoms with Gasteiger partial charge >= 0.3 is 5.97 Å². The summed E-state index contributed by atoms with van der Waals surface area (Å²) in [6, 6.07) is 0. The first kappa shape index (κ1) is 25.9. The van der Waals surface area contributed by atoms with Crippen molar-refractivity contribution in [1.82, 2.24) is 0 Å². The molecule has 5 fully saturated rings. The molecule has 5 aliphatic rings. The molecular weight excluding hydrogens is 452 g/mol. The Morgan fingerprint density at radius 3 is 2.40 bits per heavy atom. The summed E-state index contributed by atoms with van der Waals surface area (Å²) in [5.41, 5.74) is -0.435. The number of aliphatic hydroxyl groups excluding tert-OH is 4. The maximum Gasteiger partial charge on any atom is 0.314 e. The molecule has 1 aliphatic heterocycles. The van der Waals surface area contributed by atoms with E-state index in [2.05, 4.69) is 13.8 Å². The van der Waals surface area contributed by atoms with Gasteiger partial charge < -0.3 is 34.6 Å². The summed E-state index contributed by atoms with van der Waals surface area (Å²) in [6.07, 6.45) is 2.17. The van der Waals surface area contributed by atoms with Gasteiger partial charge in [-0.3, -0.25) is 4.79 Å². The van der Waals surface area contributed by atoms with Crippen LogP contribution in [0.4, 0.5) is 0 Å². The fraction of sp³-hybridized carbons (Fsp3) is 0.963. The summed E-state index contributed by atoms with van der Waals surface area (Å²) in [5.74, 6) is 0.823. The zero-order valence-corrected chi connectivity index (χ0v) is 21.6. The third kappa shape index (κ3) is 3.57. The van der Waals surface area contributed by atoms with E-state index >= 15 is 0 Å². The van der Waals surface area contributed by atoms with Gasteiger partial charge in [0.15, 0.2) is 0 Å². The summed E-state index contributed by atoms with van der Waals surface area (Å²) < 4.78 is 17.3. The van der Waals surface area contributed by atoms with Crippen LogP contribution >= 0.6 is 0 Å². The second-order valence-corrected chi connectivity index (χ2v) is 13.0. The van der Waals surface area contributed by atoms with E-state index < -0.39 is 48.7 Å². The van der Waals surface area contributed by atoms with Crippen molar-refractivity contribution in [1.29, 1.82) is 0 Å². The minimum absolute atomic E-state index is 0.000293. The Bertz CT molecular complexity index is 834. The minimum Gasteiger partial charge on any atom is -0.432 e. The highest BCUT2D eigenvalue weighted by molar-refractivity contribution is 5.77. The average Bonchev–Trinajstić information content (AvgIpc) is 3.03. The van der Waals surface area contributed by atoms with E-state index in [1.165, 1.54) is 6.42 Å². The van der Waals surface area contributed by atoms with Crippen LogP contribution in [-0.2, 0) is 19.0 Å². The van der Waals surface area contributed by atoms with Crippen molar-refractivity contribution < 1.29 is 39.4 Å². The van der Waals surface area contributed by atoms with Crippen molar-refractivity contribution in [2.75, 3.05) is 13.7 Å². The summed E-state index contributed by atoms with van der Waals surface area (Å²) in [6.45, 7) is 6.18. The van der Waals surface area contributed by atoms with Crippen LogP contribution in [-0.4, -0.2) is 76.4 Å². The number of rotatable bonds is 4. The highest BCUT2D eigenvalue weighted by atomic mass is 16.7. The van der Waals surface area contributed by atoms with Gasteiger partial charge in [-0.1, -0.05) is 20.3 Å². The van der Waals surface area contributed by atoms with E-state index in [-0.39, 0.29) is 22.3 Å². The summed E-state index contributed by atoms with van der Waals surface area (Å²) in [4.78, 5) is 13.7. The zero-order valence-electron chi connectivity index (χ0n) is 21.6. The average molecular weight is 497 g/mol. The number of ether oxygens (including phenoxy) is 3. The lowest BCUT2D eigenvalue weighted by Gasteiger charge is -2.64. The third-order valence-electron chi connectivity index (χ3n) is 11.5. The Morgan fingerprint density at radius 1 is 1.00 bits per heavy atom. The molecule has 1 spiro atoms. The van der Waals surface area contributed by atoms with E-state index in [0.29, 0.717) is 18.3 Å². The van der Waals surface area contributed by atoms with Crippen molar-refractivity contribution in [3.63, 3.8) is 0 Å². The van der Waals surface area contributed by atoms with Gasteiger partial charge in [0, 0.05) is 7.11 Å². The first-order chi connectivity index (χ1) is 16.5. The highest BCUT2D eigenvalue weighted by Gasteiger charge is 2.69. The molecule has 0 radical (unpaired) electrons.